The SMILES string of the molecule is COc1ccccc1CNc1cc(Nc2ccc(N3CCCC3)cc2)ncn1. The molecule has 1 aromatic heterocycles. The molecule has 0 atom stereocenters. The van der Waals surface area contributed by atoms with Gasteiger partial charge in [-0.1, -0.05) is 18.2 Å². The standard InChI is InChI=1S/C22H25N5O/c1-28-20-7-3-2-6-17(20)15-23-21-14-22(25-16-24-21)26-18-8-10-19(11-9-18)27-12-4-5-13-27/h2-3,6-11,14,16H,4-5,12-13,15H2,1H3,(H2,23,24,25,26). The molecule has 0 bridgehead atoms. The number of para-hydroxylation sites is 1. The Morgan fingerprint density at radius 2 is 1.71 bits per heavy atom. The van der Waals surface area contributed by atoms with Gasteiger partial charge < -0.3 is 20.3 Å². The third-order valence-corrected chi connectivity index (χ3v) is 4.93. The molecule has 2 aromatic carbocycles. The summed E-state index contributed by atoms with van der Waals surface area (Å²) in [6, 6.07) is 18.4. The van der Waals surface area contributed by atoms with Crippen LogP contribution in [0.15, 0.2) is 60.9 Å². The normalized spacial score (nSPS) is 13.4. The maximum absolute atomic E-state index is 5.39. The summed E-state index contributed by atoms with van der Waals surface area (Å²) >= 11 is 0. The van der Waals surface area contributed by atoms with E-state index in [0.29, 0.717) is 6.54 Å². The first kappa shape index (κ1) is 18.1. The molecule has 144 valence electrons. The van der Waals surface area contributed by atoms with E-state index >= 15 is 0 Å². The van der Waals surface area contributed by atoms with Crippen molar-refractivity contribution in [2.75, 3.05) is 35.7 Å². The Kier molecular flexibility index (Phi) is 5.56. The number of nitrogens with zero attached hydrogens (tertiary/aromatic N) is 3. The summed E-state index contributed by atoms with van der Waals surface area (Å²) < 4.78 is 5.39. The van der Waals surface area contributed by atoms with E-state index in [2.05, 4.69) is 49.8 Å². The van der Waals surface area contributed by atoms with Crippen LogP contribution in [0, 0.1) is 0 Å². The summed E-state index contributed by atoms with van der Waals surface area (Å²) in [4.78, 5) is 11.1. The summed E-state index contributed by atoms with van der Waals surface area (Å²) in [5, 5.41) is 6.68. The fraction of sp³-hybridized carbons (Fsp3) is 0.273. The summed E-state index contributed by atoms with van der Waals surface area (Å²) in [5.41, 5.74) is 3.37. The molecule has 4 rings (SSSR count). The minimum atomic E-state index is 0.630. The zero-order valence-corrected chi connectivity index (χ0v) is 16.1. The second kappa shape index (κ2) is 8.61. The molecule has 1 aliphatic rings. The number of hydrogen-bond acceptors (Lipinski definition) is 6. The van der Waals surface area contributed by atoms with Gasteiger partial charge in [0.25, 0.3) is 0 Å². The molecular weight excluding hydrogens is 350 g/mol. The zero-order chi connectivity index (χ0) is 19.2. The Hall–Kier alpha value is -3.28. The van der Waals surface area contributed by atoms with Crippen LogP contribution in [0.3, 0.4) is 0 Å². The maximum Gasteiger partial charge on any atom is 0.135 e. The highest BCUT2D eigenvalue weighted by Gasteiger charge is 2.11. The van der Waals surface area contributed by atoms with E-state index in [1.54, 1.807) is 13.4 Å². The van der Waals surface area contributed by atoms with Crippen LogP contribution >= 0.6 is 0 Å². The Morgan fingerprint density at radius 1 is 0.964 bits per heavy atom. The number of anilines is 4. The Balaban J connectivity index is 1.39. The van der Waals surface area contributed by atoms with Crippen LogP contribution in [0.5, 0.6) is 5.75 Å². The molecule has 1 fully saturated rings. The lowest BCUT2D eigenvalue weighted by Gasteiger charge is -2.18. The van der Waals surface area contributed by atoms with E-state index in [4.69, 9.17) is 4.74 Å². The number of rotatable bonds is 7. The van der Waals surface area contributed by atoms with E-state index in [1.165, 1.54) is 18.5 Å². The lowest BCUT2D eigenvalue weighted by atomic mass is 10.2. The van der Waals surface area contributed by atoms with E-state index in [0.717, 1.165) is 41.7 Å². The van der Waals surface area contributed by atoms with Crippen molar-refractivity contribution < 1.29 is 4.74 Å². The fourth-order valence-electron chi connectivity index (χ4n) is 3.44. The van der Waals surface area contributed by atoms with Crippen molar-refractivity contribution in [1.29, 1.82) is 0 Å². The number of hydrogen-bond donors (Lipinski definition) is 2. The molecule has 2 N–H and O–H groups in total. The van der Waals surface area contributed by atoms with E-state index in [-0.39, 0.29) is 0 Å². The van der Waals surface area contributed by atoms with Crippen molar-refractivity contribution in [2.45, 2.75) is 19.4 Å². The van der Waals surface area contributed by atoms with Crippen molar-refractivity contribution in [3.63, 3.8) is 0 Å². The molecule has 0 saturated carbocycles. The lowest BCUT2D eigenvalue weighted by molar-refractivity contribution is 0.410. The minimum absolute atomic E-state index is 0.630. The topological polar surface area (TPSA) is 62.3 Å². The monoisotopic (exact) mass is 375 g/mol. The van der Waals surface area contributed by atoms with E-state index in [9.17, 15) is 0 Å². The molecule has 6 heteroatoms. The van der Waals surface area contributed by atoms with Crippen LogP contribution in [0.1, 0.15) is 18.4 Å². The van der Waals surface area contributed by atoms with Gasteiger partial charge in [0.1, 0.15) is 23.7 Å². The first-order valence-corrected chi connectivity index (χ1v) is 9.62. The number of nitrogens with one attached hydrogen (secondary N) is 2. The highest BCUT2D eigenvalue weighted by atomic mass is 16.5. The van der Waals surface area contributed by atoms with Gasteiger partial charge in [-0.15, -0.1) is 0 Å². The van der Waals surface area contributed by atoms with Gasteiger partial charge in [0.15, 0.2) is 0 Å². The Bertz CT molecular complexity index is 907. The molecular formula is C22H25N5O. The van der Waals surface area contributed by atoms with Crippen LogP contribution in [-0.2, 0) is 6.54 Å². The quantitative estimate of drug-likeness (QED) is 0.636. The first-order valence-electron chi connectivity index (χ1n) is 9.62. The summed E-state index contributed by atoms with van der Waals surface area (Å²) in [6.07, 6.45) is 4.13. The predicted octanol–water partition coefficient (Wildman–Crippen LogP) is 4.44. The highest BCUT2D eigenvalue weighted by Crippen LogP contribution is 2.24. The van der Waals surface area contributed by atoms with Crippen molar-refractivity contribution >= 4 is 23.0 Å². The fourth-order valence-corrected chi connectivity index (χ4v) is 3.44. The molecule has 3 aromatic rings. The third-order valence-electron chi connectivity index (χ3n) is 4.93. The molecule has 0 unspecified atom stereocenters. The van der Waals surface area contributed by atoms with Gasteiger partial charge in [0.05, 0.1) is 7.11 Å². The average molecular weight is 375 g/mol. The lowest BCUT2D eigenvalue weighted by Crippen LogP contribution is -2.17. The second-order valence-corrected chi connectivity index (χ2v) is 6.82. The van der Waals surface area contributed by atoms with Gasteiger partial charge in [-0.05, 0) is 43.2 Å². The summed E-state index contributed by atoms with van der Waals surface area (Å²) in [6.45, 7) is 2.94. The first-order chi connectivity index (χ1) is 13.8. The Morgan fingerprint density at radius 3 is 2.50 bits per heavy atom. The van der Waals surface area contributed by atoms with Crippen molar-refractivity contribution in [1.82, 2.24) is 9.97 Å². The Labute approximate surface area is 165 Å². The van der Waals surface area contributed by atoms with Crippen LogP contribution in [0.25, 0.3) is 0 Å². The number of ether oxygens (including phenoxy) is 1. The van der Waals surface area contributed by atoms with Gasteiger partial charge in [-0.25, -0.2) is 9.97 Å². The molecule has 28 heavy (non-hydrogen) atoms. The van der Waals surface area contributed by atoms with Gasteiger partial charge in [-0.2, -0.15) is 0 Å². The third kappa shape index (κ3) is 4.34. The average Bonchev–Trinajstić information content (AvgIpc) is 3.28. The molecule has 1 aliphatic heterocycles. The summed E-state index contributed by atoms with van der Waals surface area (Å²) in [7, 11) is 1.68. The van der Waals surface area contributed by atoms with Crippen molar-refractivity contribution in [3.8, 4) is 5.75 Å². The van der Waals surface area contributed by atoms with Crippen LogP contribution in [0.4, 0.5) is 23.0 Å². The van der Waals surface area contributed by atoms with Gasteiger partial charge >= 0.3 is 0 Å². The smallest absolute Gasteiger partial charge is 0.135 e. The van der Waals surface area contributed by atoms with Crippen LogP contribution in [0.2, 0.25) is 0 Å². The highest BCUT2D eigenvalue weighted by molar-refractivity contribution is 5.62. The molecule has 6 nitrogen and oxygen atoms in total. The van der Waals surface area contributed by atoms with E-state index < -0.39 is 0 Å². The largest absolute Gasteiger partial charge is 0.496 e. The predicted molar refractivity (Wildman–Crippen MR) is 114 cm³/mol. The van der Waals surface area contributed by atoms with Crippen molar-refractivity contribution in [3.05, 3.63) is 66.5 Å². The van der Waals surface area contributed by atoms with Crippen molar-refractivity contribution in [2.24, 2.45) is 0 Å². The summed E-state index contributed by atoms with van der Waals surface area (Å²) in [5.74, 6) is 2.38. The molecule has 0 aliphatic carbocycles. The van der Waals surface area contributed by atoms with Crippen LogP contribution < -0.4 is 20.3 Å². The molecule has 2 heterocycles. The number of benzene rings is 2. The zero-order valence-electron chi connectivity index (χ0n) is 16.1. The van der Waals surface area contributed by atoms with Gasteiger partial charge in [0, 0.05) is 42.6 Å². The number of methoxy groups -OCH3 is 1. The van der Waals surface area contributed by atoms with Gasteiger partial charge in [0.2, 0.25) is 0 Å². The number of aromatic nitrogens is 2. The second-order valence-electron chi connectivity index (χ2n) is 6.82. The molecule has 0 radical (unpaired) electrons. The van der Waals surface area contributed by atoms with E-state index in [1.807, 2.05) is 30.3 Å². The van der Waals surface area contributed by atoms with Gasteiger partial charge in [-0.3, -0.25) is 0 Å². The molecule has 1 saturated heterocycles. The molecule has 0 amide bonds. The minimum Gasteiger partial charge on any atom is -0.496 e. The van der Waals surface area contributed by atoms with Crippen LogP contribution in [-0.4, -0.2) is 30.2 Å². The molecule has 0 spiro atoms. The maximum atomic E-state index is 5.39.